The molecule has 2 unspecified atom stereocenters. The molecular weight excluding hydrogens is 220 g/mol. The van der Waals surface area contributed by atoms with Gasteiger partial charge in [-0.25, -0.2) is 0 Å². The van der Waals surface area contributed by atoms with E-state index in [4.69, 9.17) is 5.73 Å². The normalized spacial score (nSPS) is 22.3. The Morgan fingerprint density at radius 3 is 2.17 bits per heavy atom. The Hall–Kier alpha value is -0.0800. The first-order chi connectivity index (χ1) is 8.58. The summed E-state index contributed by atoms with van der Waals surface area (Å²) < 4.78 is 0. The standard InChI is InChI=1S/C16H34N2/c1-5-16(4,18(6-2)7-3)15(17)13-12-14-10-8-9-11-14/h14-15H,5-13,17H2,1-4H3. The summed E-state index contributed by atoms with van der Waals surface area (Å²) in [6.07, 6.45) is 9.48. The van der Waals surface area contributed by atoms with Crippen LogP contribution in [0.4, 0.5) is 0 Å². The Balaban J connectivity index is 2.51. The molecule has 0 aromatic heterocycles. The maximum absolute atomic E-state index is 6.55. The van der Waals surface area contributed by atoms with Gasteiger partial charge >= 0.3 is 0 Å². The second-order valence-electron chi connectivity index (χ2n) is 6.22. The Labute approximate surface area is 114 Å². The average molecular weight is 254 g/mol. The smallest absolute Gasteiger partial charge is 0.0329 e. The number of hydrogen-bond donors (Lipinski definition) is 1. The van der Waals surface area contributed by atoms with Gasteiger partial charge in [-0.15, -0.1) is 0 Å². The van der Waals surface area contributed by atoms with Crippen LogP contribution in [0.15, 0.2) is 0 Å². The second kappa shape index (κ2) is 7.49. The molecule has 0 saturated heterocycles. The Bertz CT molecular complexity index is 219. The van der Waals surface area contributed by atoms with Crippen LogP contribution in [0.2, 0.25) is 0 Å². The highest BCUT2D eigenvalue weighted by atomic mass is 15.2. The molecule has 2 nitrogen and oxygen atoms in total. The molecule has 0 heterocycles. The number of hydrogen-bond acceptors (Lipinski definition) is 2. The number of nitrogens with zero attached hydrogens (tertiary/aromatic N) is 1. The molecule has 1 aliphatic rings. The first kappa shape index (κ1) is 16.0. The number of likely N-dealkylation sites (N-methyl/N-ethyl adjacent to an activating group) is 1. The number of rotatable bonds is 8. The molecule has 0 radical (unpaired) electrons. The minimum atomic E-state index is 0.183. The van der Waals surface area contributed by atoms with Crippen molar-refractivity contribution in [3.8, 4) is 0 Å². The summed E-state index contributed by atoms with van der Waals surface area (Å²) in [7, 11) is 0. The van der Waals surface area contributed by atoms with Crippen LogP contribution in [0.1, 0.15) is 72.6 Å². The third-order valence-electron chi connectivity index (χ3n) is 5.36. The van der Waals surface area contributed by atoms with Gasteiger partial charge in [0, 0.05) is 11.6 Å². The van der Waals surface area contributed by atoms with E-state index in [0.717, 1.165) is 25.4 Å². The molecule has 0 aromatic carbocycles. The summed E-state index contributed by atoms with van der Waals surface area (Å²) in [4.78, 5) is 2.55. The van der Waals surface area contributed by atoms with E-state index in [2.05, 4.69) is 32.6 Å². The van der Waals surface area contributed by atoms with Gasteiger partial charge in [-0.2, -0.15) is 0 Å². The third-order valence-corrected chi connectivity index (χ3v) is 5.36. The Kier molecular flexibility index (Phi) is 6.65. The Morgan fingerprint density at radius 1 is 1.17 bits per heavy atom. The van der Waals surface area contributed by atoms with Crippen LogP contribution < -0.4 is 5.73 Å². The molecule has 0 spiro atoms. The molecule has 0 aliphatic heterocycles. The van der Waals surface area contributed by atoms with Crippen LogP contribution >= 0.6 is 0 Å². The molecule has 1 saturated carbocycles. The van der Waals surface area contributed by atoms with E-state index in [1.54, 1.807) is 0 Å². The lowest BCUT2D eigenvalue weighted by molar-refractivity contribution is 0.0790. The van der Waals surface area contributed by atoms with Crippen molar-refractivity contribution in [3.63, 3.8) is 0 Å². The van der Waals surface area contributed by atoms with E-state index >= 15 is 0 Å². The van der Waals surface area contributed by atoms with Gasteiger partial charge in [0.15, 0.2) is 0 Å². The second-order valence-corrected chi connectivity index (χ2v) is 6.22. The zero-order valence-corrected chi connectivity index (χ0v) is 13.0. The van der Waals surface area contributed by atoms with Crippen LogP contribution in [0.3, 0.4) is 0 Å². The predicted octanol–water partition coefficient (Wildman–Crippen LogP) is 3.79. The fourth-order valence-corrected chi connectivity index (χ4v) is 3.69. The zero-order chi connectivity index (χ0) is 13.6. The van der Waals surface area contributed by atoms with Crippen LogP contribution in [-0.2, 0) is 0 Å². The van der Waals surface area contributed by atoms with Crippen LogP contribution in [0.5, 0.6) is 0 Å². The summed E-state index contributed by atoms with van der Waals surface area (Å²) in [5, 5.41) is 0. The fourth-order valence-electron chi connectivity index (χ4n) is 3.69. The molecule has 2 atom stereocenters. The van der Waals surface area contributed by atoms with Gasteiger partial charge in [0.2, 0.25) is 0 Å². The zero-order valence-electron chi connectivity index (χ0n) is 13.0. The van der Waals surface area contributed by atoms with Crippen LogP contribution in [-0.4, -0.2) is 29.6 Å². The number of nitrogens with two attached hydrogens (primary N) is 1. The van der Waals surface area contributed by atoms with Crippen molar-refractivity contribution in [2.75, 3.05) is 13.1 Å². The van der Waals surface area contributed by atoms with E-state index in [1.165, 1.54) is 38.5 Å². The SMILES string of the molecule is CCN(CC)C(C)(CC)C(N)CCC1CCCC1. The van der Waals surface area contributed by atoms with Gasteiger partial charge < -0.3 is 5.73 Å². The maximum atomic E-state index is 6.55. The molecule has 18 heavy (non-hydrogen) atoms. The highest BCUT2D eigenvalue weighted by Gasteiger charge is 2.34. The van der Waals surface area contributed by atoms with Crippen LogP contribution in [0.25, 0.3) is 0 Å². The monoisotopic (exact) mass is 254 g/mol. The van der Waals surface area contributed by atoms with Gasteiger partial charge in [-0.05, 0) is 45.2 Å². The molecule has 108 valence electrons. The van der Waals surface area contributed by atoms with Crippen LogP contribution in [0, 0.1) is 5.92 Å². The quantitative estimate of drug-likeness (QED) is 0.714. The van der Waals surface area contributed by atoms with Crippen molar-refractivity contribution in [3.05, 3.63) is 0 Å². The maximum Gasteiger partial charge on any atom is 0.0329 e. The molecule has 0 bridgehead atoms. The third kappa shape index (κ3) is 3.71. The molecule has 0 amide bonds. The first-order valence-corrected chi connectivity index (χ1v) is 8.09. The fraction of sp³-hybridized carbons (Fsp3) is 1.00. The summed E-state index contributed by atoms with van der Waals surface area (Å²) in [6, 6.07) is 0.322. The lowest BCUT2D eigenvalue weighted by Crippen LogP contribution is -2.57. The first-order valence-electron chi connectivity index (χ1n) is 8.09. The van der Waals surface area contributed by atoms with E-state index in [9.17, 15) is 0 Å². The van der Waals surface area contributed by atoms with E-state index in [0.29, 0.717) is 6.04 Å². The van der Waals surface area contributed by atoms with Gasteiger partial charge in [0.25, 0.3) is 0 Å². The van der Waals surface area contributed by atoms with Gasteiger partial charge in [-0.3, -0.25) is 4.90 Å². The van der Waals surface area contributed by atoms with Crippen molar-refractivity contribution in [1.29, 1.82) is 0 Å². The molecule has 1 fully saturated rings. The molecule has 2 N–H and O–H groups in total. The minimum Gasteiger partial charge on any atom is -0.326 e. The van der Waals surface area contributed by atoms with Crippen molar-refractivity contribution in [2.24, 2.45) is 11.7 Å². The molecule has 2 heteroatoms. The molecule has 1 rings (SSSR count). The summed E-state index contributed by atoms with van der Waals surface area (Å²) in [5.41, 5.74) is 6.73. The van der Waals surface area contributed by atoms with Gasteiger partial charge in [0.05, 0.1) is 0 Å². The average Bonchev–Trinajstić information content (AvgIpc) is 2.90. The lowest BCUT2D eigenvalue weighted by atomic mass is 9.83. The summed E-state index contributed by atoms with van der Waals surface area (Å²) in [5.74, 6) is 0.967. The minimum absolute atomic E-state index is 0.183. The van der Waals surface area contributed by atoms with Crippen molar-refractivity contribution < 1.29 is 0 Å². The highest BCUT2D eigenvalue weighted by molar-refractivity contribution is 4.94. The Morgan fingerprint density at radius 2 is 1.72 bits per heavy atom. The molecular formula is C16H34N2. The van der Waals surface area contributed by atoms with Gasteiger partial charge in [0.1, 0.15) is 0 Å². The van der Waals surface area contributed by atoms with Gasteiger partial charge in [-0.1, -0.05) is 46.5 Å². The van der Waals surface area contributed by atoms with E-state index in [1.807, 2.05) is 0 Å². The molecule has 1 aliphatic carbocycles. The lowest BCUT2D eigenvalue weighted by Gasteiger charge is -2.44. The van der Waals surface area contributed by atoms with E-state index < -0.39 is 0 Å². The van der Waals surface area contributed by atoms with Crippen molar-refractivity contribution >= 4 is 0 Å². The largest absolute Gasteiger partial charge is 0.326 e. The van der Waals surface area contributed by atoms with Crippen molar-refractivity contribution in [2.45, 2.75) is 84.2 Å². The topological polar surface area (TPSA) is 29.3 Å². The highest BCUT2D eigenvalue weighted by Crippen LogP contribution is 2.31. The van der Waals surface area contributed by atoms with E-state index in [-0.39, 0.29) is 5.54 Å². The van der Waals surface area contributed by atoms with Crippen molar-refractivity contribution in [1.82, 2.24) is 4.90 Å². The summed E-state index contributed by atoms with van der Waals surface area (Å²) >= 11 is 0. The predicted molar refractivity (Wildman–Crippen MR) is 80.8 cm³/mol. The molecule has 0 aromatic rings. The summed E-state index contributed by atoms with van der Waals surface area (Å²) in [6.45, 7) is 11.4.